The van der Waals surface area contributed by atoms with Crippen LogP contribution in [0.4, 0.5) is 0 Å². The first-order valence-corrected chi connectivity index (χ1v) is 3.62. The summed E-state index contributed by atoms with van der Waals surface area (Å²) >= 11 is 0. The van der Waals surface area contributed by atoms with Gasteiger partial charge in [0.15, 0.2) is 0 Å². The maximum Gasteiger partial charge on any atom is 0.329 e. The van der Waals surface area contributed by atoms with Crippen molar-refractivity contribution in [1.29, 1.82) is 0 Å². The third-order valence-electron chi connectivity index (χ3n) is 1.65. The number of hydroxylamine groups is 2. The molecule has 0 aromatic rings. The van der Waals surface area contributed by atoms with Crippen LogP contribution in [0.3, 0.4) is 0 Å². The highest BCUT2D eigenvalue weighted by molar-refractivity contribution is 5.79. The summed E-state index contributed by atoms with van der Waals surface area (Å²) in [4.78, 5) is 26.1. The Balaban J connectivity index is 2.54. The summed E-state index contributed by atoms with van der Waals surface area (Å²) in [5, 5.41) is 1.16. The van der Waals surface area contributed by atoms with Crippen molar-refractivity contribution in [3.05, 3.63) is 0 Å². The number of carbonyl (C=O) groups is 2. The minimum absolute atomic E-state index is 0.0337. The molecule has 1 aliphatic rings. The first-order chi connectivity index (χ1) is 5.11. The third-order valence-corrected chi connectivity index (χ3v) is 1.65. The van der Waals surface area contributed by atoms with Crippen LogP contribution in [0.25, 0.3) is 0 Å². The number of hydrogen-bond acceptors (Lipinski definition) is 3. The predicted molar refractivity (Wildman–Crippen MR) is 37.3 cm³/mol. The topological polar surface area (TPSA) is 46.6 Å². The summed E-state index contributed by atoms with van der Waals surface area (Å²) in [5.74, 6) is -0.542. The van der Waals surface area contributed by atoms with E-state index in [1.807, 2.05) is 6.92 Å². The molecule has 1 amide bonds. The zero-order valence-electron chi connectivity index (χ0n) is 6.66. The molecule has 1 atom stereocenters. The van der Waals surface area contributed by atoms with Crippen LogP contribution in [0.1, 0.15) is 26.7 Å². The molecule has 0 aliphatic carbocycles. The first kappa shape index (κ1) is 8.04. The molecular weight excluding hydrogens is 146 g/mol. The Morgan fingerprint density at radius 1 is 1.73 bits per heavy atom. The fourth-order valence-corrected chi connectivity index (χ4v) is 1.08. The van der Waals surface area contributed by atoms with Crippen molar-refractivity contribution in [3.8, 4) is 0 Å². The average Bonchev–Trinajstić information content (AvgIpc) is 2.18. The van der Waals surface area contributed by atoms with Gasteiger partial charge >= 0.3 is 5.97 Å². The molecule has 62 valence electrons. The van der Waals surface area contributed by atoms with Crippen molar-refractivity contribution in [2.75, 3.05) is 0 Å². The molecule has 0 spiro atoms. The number of nitrogens with zero attached hydrogens (tertiary/aromatic N) is 1. The number of amides is 1. The van der Waals surface area contributed by atoms with E-state index >= 15 is 0 Å². The van der Waals surface area contributed by atoms with Crippen molar-refractivity contribution >= 4 is 11.9 Å². The fourth-order valence-electron chi connectivity index (χ4n) is 1.08. The Hall–Kier alpha value is -1.06. The molecule has 0 bridgehead atoms. The third kappa shape index (κ3) is 1.69. The van der Waals surface area contributed by atoms with E-state index in [2.05, 4.69) is 4.84 Å². The molecule has 1 unspecified atom stereocenters. The van der Waals surface area contributed by atoms with Crippen LogP contribution >= 0.6 is 0 Å². The lowest BCUT2D eigenvalue weighted by atomic mass is 10.3. The van der Waals surface area contributed by atoms with E-state index in [4.69, 9.17) is 0 Å². The van der Waals surface area contributed by atoms with Crippen molar-refractivity contribution in [2.24, 2.45) is 0 Å². The summed E-state index contributed by atoms with van der Waals surface area (Å²) in [6, 6.07) is 0.0337. The van der Waals surface area contributed by atoms with E-state index in [9.17, 15) is 9.59 Å². The molecule has 4 nitrogen and oxygen atoms in total. The summed E-state index contributed by atoms with van der Waals surface area (Å²) in [5.41, 5.74) is 0. The number of rotatable bonds is 1. The summed E-state index contributed by atoms with van der Waals surface area (Å²) in [6.45, 7) is 3.14. The zero-order valence-corrected chi connectivity index (χ0v) is 6.66. The van der Waals surface area contributed by atoms with Crippen molar-refractivity contribution in [3.63, 3.8) is 0 Å². The van der Waals surface area contributed by atoms with Gasteiger partial charge in [0.1, 0.15) is 0 Å². The zero-order chi connectivity index (χ0) is 8.43. The molecule has 1 rings (SSSR count). The van der Waals surface area contributed by atoms with Gasteiger partial charge in [-0.1, -0.05) is 0 Å². The standard InChI is InChI=1S/C7H11NO3/c1-5-3-4-7(10)8(5)11-6(2)9/h5H,3-4H2,1-2H3. The molecule has 0 N–H and O–H groups in total. The molecule has 1 fully saturated rings. The van der Waals surface area contributed by atoms with Gasteiger partial charge in [0.2, 0.25) is 0 Å². The van der Waals surface area contributed by atoms with Gasteiger partial charge in [-0.2, -0.15) is 5.06 Å². The van der Waals surface area contributed by atoms with E-state index in [0.29, 0.717) is 6.42 Å². The van der Waals surface area contributed by atoms with E-state index < -0.39 is 5.97 Å². The summed E-state index contributed by atoms with van der Waals surface area (Å²) < 4.78 is 0. The average molecular weight is 157 g/mol. The van der Waals surface area contributed by atoms with Crippen LogP contribution in [0.15, 0.2) is 0 Å². The Bertz CT molecular complexity index is 190. The molecule has 0 aromatic carbocycles. The maximum absolute atomic E-state index is 11.0. The fraction of sp³-hybridized carbons (Fsp3) is 0.714. The van der Waals surface area contributed by atoms with Crippen LogP contribution in [-0.2, 0) is 14.4 Å². The monoisotopic (exact) mass is 157 g/mol. The van der Waals surface area contributed by atoms with Gasteiger partial charge in [-0.25, -0.2) is 0 Å². The van der Waals surface area contributed by atoms with Gasteiger partial charge in [-0.05, 0) is 13.3 Å². The van der Waals surface area contributed by atoms with Crippen LogP contribution in [0, 0.1) is 0 Å². The first-order valence-electron chi connectivity index (χ1n) is 3.62. The molecule has 1 saturated heterocycles. The van der Waals surface area contributed by atoms with Crippen molar-refractivity contribution < 1.29 is 14.4 Å². The minimum Gasteiger partial charge on any atom is -0.338 e. The Morgan fingerprint density at radius 2 is 2.36 bits per heavy atom. The van der Waals surface area contributed by atoms with Crippen molar-refractivity contribution in [1.82, 2.24) is 5.06 Å². The lowest BCUT2D eigenvalue weighted by molar-refractivity contribution is -0.197. The SMILES string of the molecule is CC(=O)ON1C(=O)CCC1C. The number of carbonyl (C=O) groups excluding carboxylic acids is 2. The second-order valence-corrected chi connectivity index (χ2v) is 2.69. The summed E-state index contributed by atoms with van der Waals surface area (Å²) in [6.07, 6.45) is 1.25. The Morgan fingerprint density at radius 3 is 2.73 bits per heavy atom. The van der Waals surface area contributed by atoms with E-state index in [-0.39, 0.29) is 11.9 Å². The predicted octanol–water partition coefficient (Wildman–Crippen LogP) is 0.475. The highest BCUT2D eigenvalue weighted by Gasteiger charge is 2.30. The van der Waals surface area contributed by atoms with Gasteiger partial charge < -0.3 is 4.84 Å². The Labute approximate surface area is 65.1 Å². The van der Waals surface area contributed by atoms with Gasteiger partial charge in [-0.3, -0.25) is 9.59 Å². The quantitative estimate of drug-likeness (QED) is 0.556. The van der Waals surface area contributed by atoms with Crippen molar-refractivity contribution in [2.45, 2.75) is 32.7 Å². The van der Waals surface area contributed by atoms with Gasteiger partial charge in [0.25, 0.3) is 5.91 Å². The van der Waals surface area contributed by atoms with E-state index in [1.165, 1.54) is 6.92 Å². The highest BCUT2D eigenvalue weighted by atomic mass is 16.7. The van der Waals surface area contributed by atoms with E-state index in [0.717, 1.165) is 11.5 Å². The largest absolute Gasteiger partial charge is 0.338 e. The number of hydrogen-bond donors (Lipinski definition) is 0. The molecule has 0 aromatic heterocycles. The van der Waals surface area contributed by atoms with Crippen LogP contribution in [0.5, 0.6) is 0 Å². The molecule has 0 radical (unpaired) electrons. The molecule has 1 heterocycles. The smallest absolute Gasteiger partial charge is 0.329 e. The van der Waals surface area contributed by atoms with Gasteiger partial charge in [-0.15, -0.1) is 0 Å². The molecule has 1 aliphatic heterocycles. The van der Waals surface area contributed by atoms with Crippen LogP contribution < -0.4 is 0 Å². The van der Waals surface area contributed by atoms with Crippen LogP contribution in [-0.4, -0.2) is 23.0 Å². The maximum atomic E-state index is 11.0. The van der Waals surface area contributed by atoms with Gasteiger partial charge in [0, 0.05) is 13.3 Å². The van der Waals surface area contributed by atoms with Gasteiger partial charge in [0.05, 0.1) is 6.04 Å². The normalized spacial score (nSPS) is 24.0. The second-order valence-electron chi connectivity index (χ2n) is 2.69. The molecule has 4 heteroatoms. The summed E-state index contributed by atoms with van der Waals surface area (Å²) in [7, 11) is 0. The lowest BCUT2D eigenvalue weighted by Crippen LogP contribution is -2.32. The van der Waals surface area contributed by atoms with E-state index in [1.54, 1.807) is 0 Å². The lowest BCUT2D eigenvalue weighted by Gasteiger charge is -2.18. The highest BCUT2D eigenvalue weighted by Crippen LogP contribution is 2.17. The minimum atomic E-state index is -0.438. The molecular formula is C7H11NO3. The molecule has 11 heavy (non-hydrogen) atoms. The van der Waals surface area contributed by atoms with Crippen LogP contribution in [0.2, 0.25) is 0 Å². The molecule has 0 saturated carbocycles. The Kier molecular flexibility index (Phi) is 2.12. The second kappa shape index (κ2) is 2.90.